The molecular weight excluding hydrogens is 232 g/mol. The summed E-state index contributed by atoms with van der Waals surface area (Å²) in [5, 5.41) is 12.6. The molecule has 7 heteroatoms. The number of aryl methyl sites for hydroxylation is 1. The van der Waals surface area contributed by atoms with E-state index in [1.807, 2.05) is 13.1 Å². The number of hydrogen-bond donors (Lipinski definition) is 1. The average Bonchev–Trinajstić information content (AvgIpc) is 3.07. The molecule has 3 rings (SSSR count). The summed E-state index contributed by atoms with van der Waals surface area (Å²) >= 11 is 0. The maximum atomic E-state index is 8.74. The Bertz CT molecular complexity index is 729. The third kappa shape index (κ3) is 1.56. The zero-order chi connectivity index (χ0) is 12.5. The van der Waals surface area contributed by atoms with Gasteiger partial charge in [0.2, 0.25) is 5.82 Å². The standard InChI is InChI=1S/C11H8N6O/c1-17-3-2-13-10(17)9-15-11(18-16-9)8-4-7(5-12)6-14-8/h2-4,6,14H,1H3. The number of nitrogens with zero attached hydrogens (tertiary/aromatic N) is 5. The van der Waals surface area contributed by atoms with Crippen LogP contribution in [0.3, 0.4) is 0 Å². The van der Waals surface area contributed by atoms with Crippen LogP contribution in [0.15, 0.2) is 29.2 Å². The maximum absolute atomic E-state index is 8.74. The van der Waals surface area contributed by atoms with E-state index in [1.165, 1.54) is 0 Å². The van der Waals surface area contributed by atoms with Crippen LogP contribution in [0.1, 0.15) is 5.56 Å². The van der Waals surface area contributed by atoms with E-state index in [0.29, 0.717) is 28.8 Å². The molecule has 0 amide bonds. The molecule has 1 N–H and O–H groups in total. The van der Waals surface area contributed by atoms with Crippen LogP contribution in [-0.4, -0.2) is 24.7 Å². The number of H-pyrrole nitrogens is 1. The average molecular weight is 240 g/mol. The second-order valence-electron chi connectivity index (χ2n) is 3.70. The summed E-state index contributed by atoms with van der Waals surface area (Å²) in [5.41, 5.74) is 1.13. The van der Waals surface area contributed by atoms with Gasteiger partial charge in [0.15, 0.2) is 5.82 Å². The minimum Gasteiger partial charge on any atom is -0.356 e. The molecule has 0 saturated carbocycles. The molecule has 0 aliphatic carbocycles. The maximum Gasteiger partial charge on any atom is 0.274 e. The summed E-state index contributed by atoms with van der Waals surface area (Å²) in [6, 6.07) is 3.67. The van der Waals surface area contributed by atoms with Crippen molar-refractivity contribution in [2.24, 2.45) is 7.05 Å². The van der Waals surface area contributed by atoms with Gasteiger partial charge in [-0.25, -0.2) is 4.98 Å². The Hall–Kier alpha value is -2.88. The first kappa shape index (κ1) is 10.3. The minimum atomic E-state index is 0.328. The number of nitrogens with one attached hydrogen (secondary N) is 1. The van der Waals surface area contributed by atoms with Crippen molar-refractivity contribution in [2.75, 3.05) is 0 Å². The first-order chi connectivity index (χ1) is 8.78. The smallest absolute Gasteiger partial charge is 0.274 e. The zero-order valence-electron chi connectivity index (χ0n) is 9.45. The van der Waals surface area contributed by atoms with Crippen LogP contribution >= 0.6 is 0 Å². The van der Waals surface area contributed by atoms with Gasteiger partial charge in [0.25, 0.3) is 5.89 Å². The number of nitriles is 1. The fourth-order valence-electron chi connectivity index (χ4n) is 1.59. The summed E-state index contributed by atoms with van der Waals surface area (Å²) in [5.74, 6) is 1.36. The fourth-order valence-corrected chi connectivity index (χ4v) is 1.59. The summed E-state index contributed by atoms with van der Waals surface area (Å²) in [7, 11) is 1.85. The van der Waals surface area contributed by atoms with Gasteiger partial charge < -0.3 is 14.1 Å². The van der Waals surface area contributed by atoms with Crippen molar-refractivity contribution in [3.63, 3.8) is 0 Å². The lowest BCUT2D eigenvalue weighted by Gasteiger charge is -1.92. The number of aromatic nitrogens is 5. The molecule has 3 aromatic heterocycles. The Morgan fingerprint density at radius 1 is 1.50 bits per heavy atom. The van der Waals surface area contributed by atoms with Crippen LogP contribution < -0.4 is 0 Å². The minimum absolute atomic E-state index is 0.328. The molecule has 0 atom stereocenters. The van der Waals surface area contributed by atoms with Crippen LogP contribution in [0.4, 0.5) is 0 Å². The predicted molar refractivity (Wildman–Crippen MR) is 61.0 cm³/mol. The van der Waals surface area contributed by atoms with Crippen molar-refractivity contribution in [2.45, 2.75) is 0 Å². The normalized spacial score (nSPS) is 10.4. The van der Waals surface area contributed by atoms with Gasteiger partial charge in [-0.15, -0.1) is 0 Å². The molecule has 0 aromatic carbocycles. The topological polar surface area (TPSA) is 96.3 Å². The number of hydrogen-bond acceptors (Lipinski definition) is 5. The van der Waals surface area contributed by atoms with Crippen molar-refractivity contribution < 1.29 is 4.52 Å². The molecule has 7 nitrogen and oxygen atoms in total. The second kappa shape index (κ2) is 3.85. The van der Waals surface area contributed by atoms with E-state index in [9.17, 15) is 0 Å². The van der Waals surface area contributed by atoms with E-state index < -0.39 is 0 Å². The molecule has 0 fully saturated rings. The number of imidazole rings is 1. The molecular formula is C11H8N6O. The third-order valence-corrected chi connectivity index (χ3v) is 2.49. The summed E-state index contributed by atoms with van der Waals surface area (Å²) in [4.78, 5) is 11.3. The van der Waals surface area contributed by atoms with Crippen molar-refractivity contribution in [1.82, 2.24) is 24.7 Å². The molecule has 0 unspecified atom stereocenters. The van der Waals surface area contributed by atoms with Crippen LogP contribution in [0.25, 0.3) is 23.2 Å². The number of rotatable bonds is 2. The van der Waals surface area contributed by atoms with Crippen LogP contribution in [0.2, 0.25) is 0 Å². The molecule has 0 radical (unpaired) electrons. The van der Waals surface area contributed by atoms with Gasteiger partial charge >= 0.3 is 0 Å². The van der Waals surface area contributed by atoms with Crippen LogP contribution in [0.5, 0.6) is 0 Å². The Balaban J connectivity index is 1.99. The molecule has 88 valence electrons. The van der Waals surface area contributed by atoms with Gasteiger partial charge in [0, 0.05) is 25.6 Å². The van der Waals surface area contributed by atoms with E-state index in [1.54, 1.807) is 29.2 Å². The SMILES string of the molecule is Cn1ccnc1-c1noc(-c2cc(C#N)c[nH]2)n1. The zero-order valence-corrected chi connectivity index (χ0v) is 9.45. The molecule has 0 aliphatic heterocycles. The van der Waals surface area contributed by atoms with Gasteiger partial charge in [0.1, 0.15) is 11.8 Å². The van der Waals surface area contributed by atoms with Crippen molar-refractivity contribution in [3.05, 3.63) is 30.2 Å². The van der Waals surface area contributed by atoms with E-state index in [0.717, 1.165) is 0 Å². The monoisotopic (exact) mass is 240 g/mol. The highest BCUT2D eigenvalue weighted by atomic mass is 16.5. The highest BCUT2D eigenvalue weighted by Crippen LogP contribution is 2.20. The first-order valence-electron chi connectivity index (χ1n) is 5.18. The molecule has 18 heavy (non-hydrogen) atoms. The lowest BCUT2D eigenvalue weighted by atomic mass is 10.3. The van der Waals surface area contributed by atoms with Gasteiger partial charge in [-0.05, 0) is 6.07 Å². The van der Waals surface area contributed by atoms with Crippen molar-refractivity contribution >= 4 is 0 Å². The number of aromatic amines is 1. The Morgan fingerprint density at radius 2 is 2.39 bits per heavy atom. The van der Waals surface area contributed by atoms with E-state index >= 15 is 0 Å². The van der Waals surface area contributed by atoms with Gasteiger partial charge in [-0.1, -0.05) is 5.16 Å². The lowest BCUT2D eigenvalue weighted by molar-refractivity contribution is 0.430. The Kier molecular flexibility index (Phi) is 2.20. The Morgan fingerprint density at radius 3 is 3.06 bits per heavy atom. The molecule has 3 aromatic rings. The Labute approximate surface area is 102 Å². The summed E-state index contributed by atoms with van der Waals surface area (Å²) < 4.78 is 6.93. The first-order valence-corrected chi connectivity index (χ1v) is 5.18. The molecule has 0 bridgehead atoms. The molecule has 0 saturated heterocycles. The van der Waals surface area contributed by atoms with E-state index in [2.05, 4.69) is 20.1 Å². The molecule has 0 aliphatic rings. The summed E-state index contributed by atoms with van der Waals surface area (Å²) in [6.07, 6.45) is 5.04. The van der Waals surface area contributed by atoms with Gasteiger partial charge in [0.05, 0.1) is 5.56 Å². The second-order valence-corrected chi connectivity index (χ2v) is 3.70. The lowest BCUT2D eigenvalue weighted by Crippen LogP contribution is -1.92. The fraction of sp³-hybridized carbons (Fsp3) is 0.0909. The summed E-state index contributed by atoms with van der Waals surface area (Å²) in [6.45, 7) is 0. The van der Waals surface area contributed by atoms with Crippen LogP contribution in [0, 0.1) is 11.3 Å². The molecule has 0 spiro atoms. The van der Waals surface area contributed by atoms with Gasteiger partial charge in [-0.3, -0.25) is 0 Å². The largest absolute Gasteiger partial charge is 0.356 e. The quantitative estimate of drug-likeness (QED) is 0.729. The van der Waals surface area contributed by atoms with Crippen molar-refractivity contribution in [3.8, 4) is 29.3 Å². The van der Waals surface area contributed by atoms with E-state index in [4.69, 9.17) is 9.78 Å². The highest BCUT2D eigenvalue weighted by Gasteiger charge is 2.14. The van der Waals surface area contributed by atoms with Gasteiger partial charge in [-0.2, -0.15) is 10.2 Å². The van der Waals surface area contributed by atoms with Crippen LogP contribution in [-0.2, 0) is 7.05 Å². The third-order valence-electron chi connectivity index (χ3n) is 2.49. The molecule has 3 heterocycles. The highest BCUT2D eigenvalue weighted by molar-refractivity contribution is 5.54. The van der Waals surface area contributed by atoms with E-state index in [-0.39, 0.29) is 0 Å². The van der Waals surface area contributed by atoms with Crippen molar-refractivity contribution in [1.29, 1.82) is 5.26 Å². The predicted octanol–water partition coefficient (Wildman–Crippen LogP) is 1.34.